The highest BCUT2D eigenvalue weighted by atomic mass is 35.5. The van der Waals surface area contributed by atoms with Crippen molar-refractivity contribution in [2.45, 2.75) is 6.92 Å². The predicted molar refractivity (Wildman–Crippen MR) is 99.1 cm³/mol. The van der Waals surface area contributed by atoms with E-state index in [-0.39, 0.29) is 0 Å². The number of benzene rings is 2. The number of methoxy groups -OCH3 is 1. The van der Waals surface area contributed by atoms with Crippen LogP contribution in [0.25, 0.3) is 34.2 Å². The summed E-state index contributed by atoms with van der Waals surface area (Å²) >= 11 is 6.07. The van der Waals surface area contributed by atoms with Crippen molar-refractivity contribution in [2.75, 3.05) is 7.11 Å². The number of rotatable bonds is 4. The van der Waals surface area contributed by atoms with E-state index >= 15 is 0 Å². The van der Waals surface area contributed by atoms with Crippen molar-refractivity contribution >= 4 is 11.6 Å². The third kappa shape index (κ3) is 3.07. The molecule has 0 spiro atoms. The van der Waals surface area contributed by atoms with Crippen LogP contribution in [-0.2, 0) is 0 Å². The molecule has 6 nitrogen and oxygen atoms in total. The molecular weight excluding hydrogens is 352 g/mol. The normalized spacial score (nSPS) is 10.9. The van der Waals surface area contributed by atoms with Gasteiger partial charge < -0.3 is 9.26 Å². The fraction of sp³-hybridized carbons (Fsp3) is 0.105. The highest BCUT2D eigenvalue weighted by Crippen LogP contribution is 2.32. The second kappa shape index (κ2) is 6.65. The maximum atomic E-state index is 6.07. The topological polar surface area (TPSA) is 76.8 Å². The molecule has 7 heteroatoms. The van der Waals surface area contributed by atoms with Crippen molar-refractivity contribution < 1.29 is 9.26 Å². The van der Waals surface area contributed by atoms with Crippen molar-refractivity contribution in [3.63, 3.8) is 0 Å². The van der Waals surface area contributed by atoms with E-state index in [1.54, 1.807) is 25.3 Å². The quantitative estimate of drug-likeness (QED) is 0.563. The zero-order valence-corrected chi connectivity index (χ0v) is 14.9. The lowest BCUT2D eigenvalue weighted by molar-refractivity contribution is 0.413. The Bertz CT molecular complexity index is 1050. The first kappa shape index (κ1) is 16.4. The standard InChI is InChI=1S/C19H15ClN4O2/c1-11-3-5-12(6-4-11)15-10-16(23-22-15)19-21-18(24-26-19)14-9-13(20)7-8-17(14)25-2/h3-10H,1-2H3,(H,22,23). The molecule has 0 amide bonds. The summed E-state index contributed by atoms with van der Waals surface area (Å²) in [5.41, 5.74) is 4.31. The van der Waals surface area contributed by atoms with Crippen LogP contribution in [0, 0.1) is 6.92 Å². The number of halogens is 1. The number of aromatic nitrogens is 4. The van der Waals surface area contributed by atoms with Crippen LogP contribution in [-0.4, -0.2) is 27.4 Å². The average Bonchev–Trinajstić information content (AvgIpc) is 3.32. The van der Waals surface area contributed by atoms with Crippen LogP contribution in [0.5, 0.6) is 5.75 Å². The predicted octanol–water partition coefficient (Wildman–Crippen LogP) is 4.76. The molecule has 0 aliphatic heterocycles. The summed E-state index contributed by atoms with van der Waals surface area (Å²) in [6, 6.07) is 15.2. The fourth-order valence-corrected chi connectivity index (χ4v) is 2.77. The Morgan fingerprint density at radius 3 is 2.65 bits per heavy atom. The van der Waals surface area contributed by atoms with Crippen LogP contribution in [0.4, 0.5) is 0 Å². The summed E-state index contributed by atoms with van der Waals surface area (Å²) in [4.78, 5) is 4.43. The largest absolute Gasteiger partial charge is 0.496 e. The average molecular weight is 367 g/mol. The second-order valence-electron chi connectivity index (χ2n) is 5.80. The van der Waals surface area contributed by atoms with Crippen molar-refractivity contribution in [3.05, 3.63) is 59.1 Å². The number of nitrogens with zero attached hydrogens (tertiary/aromatic N) is 3. The van der Waals surface area contributed by atoms with Gasteiger partial charge in [0.2, 0.25) is 5.82 Å². The maximum Gasteiger partial charge on any atom is 0.276 e. The molecule has 0 aliphatic rings. The highest BCUT2D eigenvalue weighted by molar-refractivity contribution is 6.30. The van der Waals surface area contributed by atoms with Crippen LogP contribution in [0.1, 0.15) is 5.56 Å². The smallest absolute Gasteiger partial charge is 0.276 e. The van der Waals surface area contributed by atoms with Crippen molar-refractivity contribution in [1.29, 1.82) is 0 Å². The molecule has 0 saturated heterocycles. The van der Waals surface area contributed by atoms with Gasteiger partial charge in [0, 0.05) is 10.6 Å². The molecule has 130 valence electrons. The molecule has 0 atom stereocenters. The zero-order valence-electron chi connectivity index (χ0n) is 14.2. The van der Waals surface area contributed by atoms with E-state index in [0.717, 1.165) is 11.3 Å². The van der Waals surface area contributed by atoms with Crippen molar-refractivity contribution in [2.24, 2.45) is 0 Å². The molecule has 0 fully saturated rings. The number of H-pyrrole nitrogens is 1. The van der Waals surface area contributed by atoms with Gasteiger partial charge in [0.05, 0.1) is 18.4 Å². The first-order valence-corrected chi connectivity index (χ1v) is 8.32. The molecule has 4 rings (SSSR count). The summed E-state index contributed by atoms with van der Waals surface area (Å²) in [7, 11) is 1.58. The third-order valence-corrected chi connectivity index (χ3v) is 4.22. The highest BCUT2D eigenvalue weighted by Gasteiger charge is 2.17. The lowest BCUT2D eigenvalue weighted by Crippen LogP contribution is -1.89. The number of hydrogen-bond donors (Lipinski definition) is 1. The van der Waals surface area contributed by atoms with E-state index in [1.807, 2.05) is 37.3 Å². The zero-order chi connectivity index (χ0) is 18.1. The van der Waals surface area contributed by atoms with E-state index in [9.17, 15) is 0 Å². The first-order valence-electron chi connectivity index (χ1n) is 7.94. The van der Waals surface area contributed by atoms with E-state index in [4.69, 9.17) is 20.9 Å². The Labute approximate surface area is 154 Å². The molecule has 0 unspecified atom stereocenters. The van der Waals surface area contributed by atoms with E-state index in [2.05, 4.69) is 20.3 Å². The Hall–Kier alpha value is -3.12. The van der Waals surface area contributed by atoms with Crippen molar-refractivity contribution in [1.82, 2.24) is 20.3 Å². The molecule has 2 aromatic heterocycles. The van der Waals surface area contributed by atoms with Gasteiger partial charge in [-0.05, 0) is 31.2 Å². The summed E-state index contributed by atoms with van der Waals surface area (Å²) in [5.74, 6) is 1.35. The Morgan fingerprint density at radius 2 is 1.88 bits per heavy atom. The molecule has 2 aromatic carbocycles. The van der Waals surface area contributed by atoms with Gasteiger partial charge >= 0.3 is 0 Å². The van der Waals surface area contributed by atoms with Crippen LogP contribution >= 0.6 is 11.6 Å². The van der Waals surface area contributed by atoms with Gasteiger partial charge in [0.25, 0.3) is 5.89 Å². The first-order chi connectivity index (χ1) is 12.6. The Kier molecular flexibility index (Phi) is 4.18. The molecular formula is C19H15ClN4O2. The van der Waals surface area contributed by atoms with Crippen molar-refractivity contribution in [3.8, 4) is 40.0 Å². The minimum atomic E-state index is 0.341. The van der Waals surface area contributed by atoms with Gasteiger partial charge in [-0.15, -0.1) is 0 Å². The molecule has 26 heavy (non-hydrogen) atoms. The van der Waals surface area contributed by atoms with E-state index < -0.39 is 0 Å². The Morgan fingerprint density at radius 1 is 1.08 bits per heavy atom. The summed E-state index contributed by atoms with van der Waals surface area (Å²) < 4.78 is 10.7. The van der Waals surface area contributed by atoms with E-state index in [1.165, 1.54) is 5.56 Å². The van der Waals surface area contributed by atoms with Crippen LogP contribution in [0.2, 0.25) is 5.02 Å². The van der Waals surface area contributed by atoms with Gasteiger partial charge in [0.15, 0.2) is 0 Å². The summed E-state index contributed by atoms with van der Waals surface area (Å²) in [6.45, 7) is 2.05. The van der Waals surface area contributed by atoms with Crippen LogP contribution in [0.15, 0.2) is 53.1 Å². The third-order valence-electron chi connectivity index (χ3n) is 3.98. The molecule has 1 N–H and O–H groups in total. The minimum absolute atomic E-state index is 0.341. The minimum Gasteiger partial charge on any atom is -0.496 e. The monoisotopic (exact) mass is 366 g/mol. The van der Waals surface area contributed by atoms with Gasteiger partial charge in [-0.3, -0.25) is 5.10 Å². The molecule has 4 aromatic rings. The fourth-order valence-electron chi connectivity index (χ4n) is 2.60. The molecule has 0 bridgehead atoms. The van der Waals surface area contributed by atoms with Gasteiger partial charge in [-0.1, -0.05) is 46.6 Å². The van der Waals surface area contributed by atoms with Crippen LogP contribution < -0.4 is 4.74 Å². The molecule has 0 radical (unpaired) electrons. The van der Waals surface area contributed by atoms with Gasteiger partial charge in [-0.25, -0.2) is 0 Å². The number of aryl methyl sites for hydroxylation is 1. The molecule has 2 heterocycles. The number of aromatic amines is 1. The Balaban J connectivity index is 1.67. The lowest BCUT2D eigenvalue weighted by atomic mass is 10.1. The van der Waals surface area contributed by atoms with Gasteiger partial charge in [-0.2, -0.15) is 10.1 Å². The molecule has 0 aliphatic carbocycles. The number of nitrogens with one attached hydrogen (secondary N) is 1. The number of hydrogen-bond acceptors (Lipinski definition) is 5. The van der Waals surface area contributed by atoms with Gasteiger partial charge in [0.1, 0.15) is 11.4 Å². The summed E-state index contributed by atoms with van der Waals surface area (Å²) in [6.07, 6.45) is 0. The second-order valence-corrected chi connectivity index (χ2v) is 6.24. The lowest BCUT2D eigenvalue weighted by Gasteiger charge is -2.04. The van der Waals surface area contributed by atoms with Crippen LogP contribution in [0.3, 0.4) is 0 Å². The maximum absolute atomic E-state index is 6.07. The number of ether oxygens (including phenoxy) is 1. The van der Waals surface area contributed by atoms with E-state index in [0.29, 0.717) is 33.7 Å². The SMILES string of the molecule is COc1ccc(Cl)cc1-c1noc(-c2cc(-c3ccc(C)cc3)n[nH]2)n1. The summed E-state index contributed by atoms with van der Waals surface area (Å²) in [5, 5.41) is 11.9. The molecule has 0 saturated carbocycles.